The molecule has 4 N–H and O–H groups in total. The van der Waals surface area contributed by atoms with Crippen molar-refractivity contribution in [2.75, 3.05) is 17.2 Å². The monoisotopic (exact) mass is 533 g/mol. The van der Waals surface area contributed by atoms with E-state index in [0.717, 1.165) is 10.7 Å². The van der Waals surface area contributed by atoms with Crippen molar-refractivity contribution in [1.29, 1.82) is 0 Å². The van der Waals surface area contributed by atoms with Crippen molar-refractivity contribution in [2.24, 2.45) is 0 Å². The van der Waals surface area contributed by atoms with Gasteiger partial charge in [-0.3, -0.25) is 14.7 Å². The maximum atomic E-state index is 15.0. The van der Waals surface area contributed by atoms with Gasteiger partial charge in [-0.2, -0.15) is 14.9 Å². The first-order chi connectivity index (χ1) is 18.8. The summed E-state index contributed by atoms with van der Waals surface area (Å²) in [4.78, 5) is 29.8. The van der Waals surface area contributed by atoms with Crippen molar-refractivity contribution in [3.8, 4) is 17.2 Å². The summed E-state index contributed by atoms with van der Waals surface area (Å²) in [5, 5.41) is 26.3. The first kappa shape index (κ1) is 25.5. The van der Waals surface area contributed by atoms with Crippen LogP contribution in [-0.4, -0.2) is 48.6 Å². The number of carbonyl (C=O) groups excluding carboxylic acids is 1. The third kappa shape index (κ3) is 5.43. The molecule has 1 unspecified atom stereocenters. The first-order valence-corrected chi connectivity index (χ1v) is 11.7. The molecule has 0 radical (unpaired) electrons. The van der Waals surface area contributed by atoms with Crippen LogP contribution in [0.15, 0.2) is 71.8 Å². The highest BCUT2D eigenvalue weighted by molar-refractivity contribution is 6.04. The van der Waals surface area contributed by atoms with Gasteiger partial charge < -0.3 is 20.5 Å². The molecule has 11 nitrogen and oxygen atoms in total. The van der Waals surface area contributed by atoms with Gasteiger partial charge in [0.25, 0.3) is 11.5 Å². The molecular weight excluding hydrogens is 512 g/mol. The fourth-order valence-electron chi connectivity index (χ4n) is 3.71. The van der Waals surface area contributed by atoms with Crippen molar-refractivity contribution in [2.45, 2.75) is 13.0 Å². The summed E-state index contributed by atoms with van der Waals surface area (Å²) in [6.45, 7) is 1.84. The second kappa shape index (κ2) is 10.7. The van der Waals surface area contributed by atoms with Crippen LogP contribution in [0.2, 0.25) is 0 Å². The predicted octanol–water partition coefficient (Wildman–Crippen LogP) is 3.62. The number of H-pyrrole nitrogens is 1. The zero-order valence-electron chi connectivity index (χ0n) is 20.4. The first-order valence-electron chi connectivity index (χ1n) is 11.7. The molecule has 0 saturated heterocycles. The zero-order chi connectivity index (χ0) is 27.5. The van der Waals surface area contributed by atoms with Crippen LogP contribution in [-0.2, 0) is 0 Å². The summed E-state index contributed by atoms with van der Waals surface area (Å²) >= 11 is 0. The number of hydrogen-bond acceptors (Lipinski definition) is 8. The van der Waals surface area contributed by atoms with Gasteiger partial charge in [0.2, 0.25) is 0 Å². The molecule has 3 aromatic heterocycles. The number of ether oxygens (including phenoxy) is 1. The SMILES string of the molecule is CC(O)CNc1n[nH]c2nccc(Oc3ccc(NC(=O)c4ccnn(-c5ccc(F)cc5)c4=O)cc3F)c12. The van der Waals surface area contributed by atoms with Crippen LogP contribution in [0.4, 0.5) is 20.3 Å². The number of rotatable bonds is 8. The van der Waals surface area contributed by atoms with Gasteiger partial charge in [-0.05, 0) is 49.4 Å². The van der Waals surface area contributed by atoms with Gasteiger partial charge in [0.05, 0.1) is 11.8 Å². The highest BCUT2D eigenvalue weighted by atomic mass is 19.1. The maximum Gasteiger partial charge on any atom is 0.284 e. The van der Waals surface area contributed by atoms with E-state index < -0.39 is 29.2 Å². The Kier molecular flexibility index (Phi) is 6.97. The summed E-state index contributed by atoms with van der Waals surface area (Å²) in [6, 6.07) is 11.6. The second-order valence-electron chi connectivity index (χ2n) is 8.47. The lowest BCUT2D eigenvalue weighted by molar-refractivity contribution is 0.102. The average Bonchev–Trinajstić information content (AvgIpc) is 3.34. The number of aromatic nitrogens is 5. The molecular formula is C26H21F2N7O4. The van der Waals surface area contributed by atoms with Gasteiger partial charge in [-0.15, -0.1) is 0 Å². The normalized spacial score (nSPS) is 11.8. The number of hydrogen-bond donors (Lipinski definition) is 4. The molecule has 5 rings (SSSR count). The molecule has 13 heteroatoms. The van der Waals surface area contributed by atoms with E-state index in [-0.39, 0.29) is 35.0 Å². The lowest BCUT2D eigenvalue weighted by atomic mass is 10.2. The number of aliphatic hydroxyl groups excluding tert-OH is 1. The number of benzene rings is 2. The van der Waals surface area contributed by atoms with Gasteiger partial charge in [-0.25, -0.2) is 13.8 Å². The van der Waals surface area contributed by atoms with Crippen LogP contribution in [0.25, 0.3) is 16.7 Å². The minimum Gasteiger partial charge on any atom is -0.453 e. The van der Waals surface area contributed by atoms with E-state index in [1.165, 1.54) is 60.9 Å². The molecule has 1 atom stereocenters. The lowest BCUT2D eigenvalue weighted by Crippen LogP contribution is -2.29. The van der Waals surface area contributed by atoms with Gasteiger partial charge in [0.15, 0.2) is 23.0 Å². The number of anilines is 2. The van der Waals surface area contributed by atoms with Crippen molar-refractivity contribution in [3.05, 3.63) is 94.5 Å². The Balaban J connectivity index is 1.36. The average molecular weight is 533 g/mol. The Morgan fingerprint density at radius 2 is 1.90 bits per heavy atom. The maximum absolute atomic E-state index is 15.0. The summed E-state index contributed by atoms with van der Waals surface area (Å²) in [7, 11) is 0. The number of halogens is 2. The fraction of sp³-hybridized carbons (Fsp3) is 0.115. The van der Waals surface area contributed by atoms with Crippen molar-refractivity contribution in [3.63, 3.8) is 0 Å². The van der Waals surface area contributed by atoms with Crippen LogP contribution in [0, 0.1) is 11.6 Å². The topological polar surface area (TPSA) is 147 Å². The summed E-state index contributed by atoms with van der Waals surface area (Å²) in [6.07, 6.45) is 2.09. The summed E-state index contributed by atoms with van der Waals surface area (Å²) in [5.41, 5.74) is -0.226. The molecule has 2 aromatic carbocycles. The van der Waals surface area contributed by atoms with Crippen molar-refractivity contribution >= 4 is 28.4 Å². The Morgan fingerprint density at radius 1 is 1.10 bits per heavy atom. The summed E-state index contributed by atoms with van der Waals surface area (Å²) in [5.74, 6) is -1.54. The number of nitrogens with one attached hydrogen (secondary N) is 3. The third-order valence-corrected chi connectivity index (χ3v) is 5.56. The molecule has 0 aliphatic rings. The van der Waals surface area contributed by atoms with Gasteiger partial charge >= 0.3 is 0 Å². The minimum absolute atomic E-state index is 0.0804. The van der Waals surface area contributed by atoms with Gasteiger partial charge in [0.1, 0.15) is 22.5 Å². The number of carbonyl (C=O) groups is 1. The Hall–Kier alpha value is -5.17. The van der Waals surface area contributed by atoms with E-state index >= 15 is 0 Å². The van der Waals surface area contributed by atoms with Crippen LogP contribution in [0.3, 0.4) is 0 Å². The van der Waals surface area contributed by atoms with Crippen LogP contribution < -0.4 is 20.9 Å². The fourth-order valence-corrected chi connectivity index (χ4v) is 3.71. The molecule has 5 aromatic rings. The Morgan fingerprint density at radius 3 is 2.64 bits per heavy atom. The van der Waals surface area contributed by atoms with Gasteiger partial charge in [0, 0.05) is 36.8 Å². The number of pyridine rings is 1. The quantitative estimate of drug-likeness (QED) is 0.237. The van der Waals surface area contributed by atoms with Crippen LogP contribution >= 0.6 is 0 Å². The van der Waals surface area contributed by atoms with E-state index in [9.17, 15) is 23.5 Å². The largest absolute Gasteiger partial charge is 0.453 e. The molecule has 0 saturated carbocycles. The van der Waals surface area contributed by atoms with E-state index in [0.29, 0.717) is 16.9 Å². The van der Waals surface area contributed by atoms with Crippen LogP contribution in [0.5, 0.6) is 11.5 Å². The Labute approximate surface area is 219 Å². The molecule has 198 valence electrons. The minimum atomic E-state index is -0.783. The number of aliphatic hydroxyl groups is 1. The lowest BCUT2D eigenvalue weighted by Gasteiger charge is -2.12. The van der Waals surface area contributed by atoms with E-state index in [2.05, 4.69) is 30.9 Å². The number of fused-ring (bicyclic) bond motifs is 1. The van der Waals surface area contributed by atoms with E-state index in [1.54, 1.807) is 6.92 Å². The van der Waals surface area contributed by atoms with Gasteiger partial charge in [-0.1, -0.05) is 0 Å². The molecule has 0 bridgehead atoms. The standard InChI is InChI=1S/C26H21F2N7O4/c1-14(36)13-30-24-22-21(9-10-29-23(22)33-34-24)39-20-7-4-16(12-19(20)28)32-25(37)18-8-11-31-35(26(18)38)17-5-2-15(27)3-6-17/h2-12,14,36H,13H2,1H3,(H,32,37)(H2,29,30,33,34). The van der Waals surface area contributed by atoms with Crippen molar-refractivity contribution in [1.82, 2.24) is 25.0 Å². The highest BCUT2D eigenvalue weighted by Gasteiger charge is 2.18. The van der Waals surface area contributed by atoms with E-state index in [4.69, 9.17) is 4.74 Å². The van der Waals surface area contributed by atoms with Crippen LogP contribution in [0.1, 0.15) is 17.3 Å². The Bertz CT molecular complexity index is 1720. The molecule has 0 aliphatic carbocycles. The summed E-state index contributed by atoms with van der Waals surface area (Å²) < 4.78 is 35.0. The molecule has 0 spiro atoms. The molecule has 1 amide bonds. The molecule has 39 heavy (non-hydrogen) atoms. The second-order valence-corrected chi connectivity index (χ2v) is 8.47. The van der Waals surface area contributed by atoms with Crippen molar-refractivity contribution < 1.29 is 23.4 Å². The predicted molar refractivity (Wildman–Crippen MR) is 138 cm³/mol. The number of nitrogens with zero attached hydrogens (tertiary/aromatic N) is 4. The third-order valence-electron chi connectivity index (χ3n) is 5.56. The molecule has 0 fully saturated rings. The molecule has 3 heterocycles. The number of amides is 1. The zero-order valence-corrected chi connectivity index (χ0v) is 20.4. The highest BCUT2D eigenvalue weighted by Crippen LogP contribution is 2.34. The molecule has 0 aliphatic heterocycles. The number of aromatic amines is 1. The smallest absolute Gasteiger partial charge is 0.284 e. The van der Waals surface area contributed by atoms with E-state index in [1.807, 2.05) is 0 Å².